The van der Waals surface area contributed by atoms with Crippen molar-refractivity contribution < 1.29 is 29.2 Å². The molecule has 1 saturated heterocycles. The Kier molecular flexibility index (Phi) is 6.73. The number of benzene rings is 1. The molecule has 2 aliphatic heterocycles. The number of aromatic nitrogens is 1. The molecule has 11 heteroatoms. The van der Waals surface area contributed by atoms with Gasteiger partial charge >= 0.3 is 0 Å². The first kappa shape index (κ1) is 24.6. The number of primary amides is 2. The first-order valence-corrected chi connectivity index (χ1v) is 11.6. The van der Waals surface area contributed by atoms with Crippen LogP contribution in [0.25, 0.3) is 5.76 Å². The summed E-state index contributed by atoms with van der Waals surface area (Å²) in [5.41, 5.74) is 14.1. The second-order valence-electron chi connectivity index (χ2n) is 9.42. The highest BCUT2D eigenvalue weighted by atomic mass is 16.7. The third-order valence-corrected chi connectivity index (χ3v) is 6.55. The van der Waals surface area contributed by atoms with E-state index >= 15 is 0 Å². The topological polar surface area (TPSA) is 177 Å². The third kappa shape index (κ3) is 4.82. The van der Waals surface area contributed by atoms with Crippen LogP contribution in [0.15, 0.2) is 22.7 Å². The summed E-state index contributed by atoms with van der Waals surface area (Å²) >= 11 is 0. The van der Waals surface area contributed by atoms with Gasteiger partial charge in [-0.1, -0.05) is 19.0 Å². The second-order valence-corrected chi connectivity index (χ2v) is 9.42. The number of carbonyl (C=O) groups is 2. The molecule has 0 bridgehead atoms. The molecular weight excluding hydrogens is 454 g/mol. The molecule has 1 unspecified atom stereocenters. The molecule has 11 nitrogen and oxygen atoms in total. The van der Waals surface area contributed by atoms with E-state index in [0.29, 0.717) is 29.9 Å². The maximum Gasteiger partial charge on any atom is 0.271 e. The fraction of sp³-hybridized carbons (Fsp3) is 0.458. The predicted octanol–water partition coefficient (Wildman–Crippen LogP) is 1.29. The van der Waals surface area contributed by atoms with E-state index in [1.165, 1.54) is 6.07 Å². The summed E-state index contributed by atoms with van der Waals surface area (Å²) in [6, 6.07) is 3.05. The lowest BCUT2D eigenvalue weighted by Gasteiger charge is -2.27. The molecule has 1 atom stereocenters. The number of phenolic OH excluding ortho intramolecular Hbond substituents is 2. The van der Waals surface area contributed by atoms with Crippen LogP contribution in [-0.4, -0.2) is 57.3 Å². The minimum absolute atomic E-state index is 0.0222. The maximum absolute atomic E-state index is 12.4. The molecule has 0 radical (unpaired) electrons. The van der Waals surface area contributed by atoms with Crippen molar-refractivity contribution in [3.05, 3.63) is 46.4 Å². The number of aromatic hydroxyl groups is 2. The first-order chi connectivity index (χ1) is 16.6. The standard InChI is InChI=1S/C24H31N5O6/c1-13(2)15-9-14(16(30)10-17(15)31)5-6-18-20(21(22(25)32)27-34-18)19-11-24(23(26)33,28-35-19)12-29-7-3-4-8-29/h9-11,13,28,30-31H,3-8,12H2,1-2H3,(H2,25,32)(H2,26,33). The van der Waals surface area contributed by atoms with E-state index in [2.05, 4.69) is 15.5 Å². The van der Waals surface area contributed by atoms with Crippen LogP contribution >= 0.6 is 0 Å². The monoisotopic (exact) mass is 485 g/mol. The van der Waals surface area contributed by atoms with Crippen LogP contribution in [0.4, 0.5) is 0 Å². The highest BCUT2D eigenvalue weighted by Gasteiger charge is 2.44. The highest BCUT2D eigenvalue weighted by Crippen LogP contribution is 2.35. The van der Waals surface area contributed by atoms with Gasteiger partial charge < -0.3 is 35.9 Å². The number of likely N-dealkylation sites (tertiary alicyclic amines) is 1. The summed E-state index contributed by atoms with van der Waals surface area (Å²) in [7, 11) is 0. The van der Waals surface area contributed by atoms with Gasteiger partial charge in [0.2, 0.25) is 5.91 Å². The van der Waals surface area contributed by atoms with Crippen LogP contribution in [0.1, 0.15) is 65.5 Å². The molecule has 7 N–H and O–H groups in total. The molecule has 3 heterocycles. The molecule has 2 aromatic rings. The molecule has 188 valence electrons. The molecule has 1 aromatic carbocycles. The van der Waals surface area contributed by atoms with E-state index in [9.17, 15) is 19.8 Å². The van der Waals surface area contributed by atoms with Gasteiger partial charge in [0, 0.05) is 19.0 Å². The van der Waals surface area contributed by atoms with E-state index in [1.54, 1.807) is 12.1 Å². The van der Waals surface area contributed by atoms with Crippen LogP contribution in [0.3, 0.4) is 0 Å². The molecule has 0 saturated carbocycles. The number of nitrogens with two attached hydrogens (primary N) is 2. The van der Waals surface area contributed by atoms with Crippen molar-refractivity contribution in [2.24, 2.45) is 11.5 Å². The molecule has 1 aromatic heterocycles. The lowest BCUT2D eigenvalue weighted by atomic mass is 9.94. The van der Waals surface area contributed by atoms with Gasteiger partial charge in [0.1, 0.15) is 17.3 Å². The van der Waals surface area contributed by atoms with Crippen LogP contribution < -0.4 is 16.9 Å². The zero-order chi connectivity index (χ0) is 25.3. The molecular formula is C24H31N5O6. The fourth-order valence-electron chi connectivity index (χ4n) is 4.59. The smallest absolute Gasteiger partial charge is 0.271 e. The molecule has 2 aliphatic rings. The zero-order valence-corrected chi connectivity index (χ0v) is 19.8. The number of nitrogens with one attached hydrogen (secondary N) is 1. The molecule has 1 fully saturated rings. The van der Waals surface area contributed by atoms with Gasteiger partial charge in [-0.2, -0.15) is 0 Å². The summed E-state index contributed by atoms with van der Waals surface area (Å²) in [5, 5.41) is 24.3. The lowest BCUT2D eigenvalue weighted by molar-refractivity contribution is -0.125. The summed E-state index contributed by atoms with van der Waals surface area (Å²) in [4.78, 5) is 32.3. The van der Waals surface area contributed by atoms with E-state index in [1.807, 2.05) is 13.8 Å². The summed E-state index contributed by atoms with van der Waals surface area (Å²) < 4.78 is 5.44. The molecule has 4 rings (SSSR count). The van der Waals surface area contributed by atoms with E-state index < -0.39 is 17.4 Å². The number of nitrogens with zero attached hydrogens (tertiary/aromatic N) is 2. The number of amides is 2. The van der Waals surface area contributed by atoms with Crippen LogP contribution in [0.2, 0.25) is 0 Å². The van der Waals surface area contributed by atoms with Gasteiger partial charge in [0.05, 0.1) is 5.56 Å². The Balaban J connectivity index is 1.65. The van der Waals surface area contributed by atoms with Crippen molar-refractivity contribution in [1.82, 2.24) is 15.5 Å². The maximum atomic E-state index is 12.4. The van der Waals surface area contributed by atoms with Gasteiger partial charge in [-0.3, -0.25) is 9.59 Å². The normalized spacial score (nSPS) is 20.3. The number of hydrogen-bond acceptors (Lipinski definition) is 9. The molecule has 35 heavy (non-hydrogen) atoms. The van der Waals surface area contributed by atoms with E-state index in [0.717, 1.165) is 25.9 Å². The second kappa shape index (κ2) is 9.59. The minimum Gasteiger partial charge on any atom is -0.508 e. The number of aryl methyl sites for hydroxylation is 2. The minimum atomic E-state index is -1.29. The summed E-state index contributed by atoms with van der Waals surface area (Å²) in [5.74, 6) is -0.943. The van der Waals surface area contributed by atoms with Crippen molar-refractivity contribution in [3.63, 3.8) is 0 Å². The van der Waals surface area contributed by atoms with E-state index in [4.69, 9.17) is 20.8 Å². The quantitative estimate of drug-likeness (QED) is 0.350. The SMILES string of the molecule is CC(C)c1cc(CCc2onc(C(N)=O)c2C2=CC(CN3CCCC3)(C(N)=O)NO2)c(O)cc1O. The largest absolute Gasteiger partial charge is 0.508 e. The number of rotatable bonds is 9. The van der Waals surface area contributed by atoms with Crippen LogP contribution in [0.5, 0.6) is 11.5 Å². The van der Waals surface area contributed by atoms with Gasteiger partial charge in [-0.25, -0.2) is 0 Å². The van der Waals surface area contributed by atoms with Crippen molar-refractivity contribution in [3.8, 4) is 11.5 Å². The number of hydrogen-bond donors (Lipinski definition) is 5. The average Bonchev–Trinajstić information content (AvgIpc) is 3.53. The summed E-state index contributed by atoms with van der Waals surface area (Å²) in [6.45, 7) is 5.89. The van der Waals surface area contributed by atoms with Crippen LogP contribution in [0, 0.1) is 0 Å². The number of carbonyl (C=O) groups excluding carboxylic acids is 2. The predicted molar refractivity (Wildman–Crippen MR) is 126 cm³/mol. The van der Waals surface area contributed by atoms with Gasteiger partial charge in [0.25, 0.3) is 5.91 Å². The Hall–Kier alpha value is -3.57. The number of hydroxylamine groups is 1. The zero-order valence-electron chi connectivity index (χ0n) is 19.8. The number of phenols is 2. The molecule has 0 aliphatic carbocycles. The Morgan fingerprint density at radius 3 is 2.51 bits per heavy atom. The van der Waals surface area contributed by atoms with Crippen molar-refractivity contribution in [1.29, 1.82) is 0 Å². The summed E-state index contributed by atoms with van der Waals surface area (Å²) in [6.07, 6.45) is 4.18. The van der Waals surface area contributed by atoms with Crippen molar-refractivity contribution in [2.75, 3.05) is 19.6 Å². The van der Waals surface area contributed by atoms with Crippen molar-refractivity contribution in [2.45, 2.75) is 51.0 Å². The Labute approximate surface area is 202 Å². The fourth-order valence-corrected chi connectivity index (χ4v) is 4.59. The Morgan fingerprint density at radius 1 is 1.17 bits per heavy atom. The van der Waals surface area contributed by atoms with Crippen molar-refractivity contribution >= 4 is 17.6 Å². The van der Waals surface area contributed by atoms with Gasteiger partial charge in [0.15, 0.2) is 17.0 Å². The molecule has 2 amide bonds. The Bertz CT molecular complexity index is 1170. The first-order valence-electron chi connectivity index (χ1n) is 11.6. The van der Waals surface area contributed by atoms with Gasteiger partial charge in [-0.15, -0.1) is 5.48 Å². The lowest BCUT2D eigenvalue weighted by Crippen LogP contribution is -2.57. The van der Waals surface area contributed by atoms with E-state index in [-0.39, 0.29) is 40.9 Å². The Morgan fingerprint density at radius 2 is 1.89 bits per heavy atom. The molecule has 0 spiro atoms. The third-order valence-electron chi connectivity index (χ3n) is 6.55. The highest BCUT2D eigenvalue weighted by molar-refractivity contribution is 5.97. The van der Waals surface area contributed by atoms with Crippen LogP contribution in [-0.2, 0) is 22.5 Å². The average molecular weight is 486 g/mol. The van der Waals surface area contributed by atoms with Gasteiger partial charge in [-0.05, 0) is 61.5 Å².